The molecule has 0 radical (unpaired) electrons. The summed E-state index contributed by atoms with van der Waals surface area (Å²) in [6.07, 6.45) is 3.24. The highest BCUT2D eigenvalue weighted by Gasteiger charge is 2.20. The van der Waals surface area contributed by atoms with Crippen LogP contribution in [0.15, 0.2) is 24.7 Å². The van der Waals surface area contributed by atoms with Gasteiger partial charge in [0.1, 0.15) is 30.4 Å². The Hall–Kier alpha value is -2.52. The van der Waals surface area contributed by atoms with E-state index in [0.29, 0.717) is 12.5 Å². The number of hydrogen-bond acceptors (Lipinski definition) is 7. The first-order valence-corrected chi connectivity index (χ1v) is 12.7. The molecule has 8 nitrogen and oxygen atoms in total. The van der Waals surface area contributed by atoms with Crippen molar-refractivity contribution < 1.29 is 4.74 Å². The van der Waals surface area contributed by atoms with Crippen LogP contribution in [0.2, 0.25) is 25.7 Å². The highest BCUT2D eigenvalue weighted by molar-refractivity contribution is 6.76. The number of hydrogen-bond donors (Lipinski definition) is 1. The van der Waals surface area contributed by atoms with Crippen LogP contribution < -0.4 is 10.6 Å². The predicted molar refractivity (Wildman–Crippen MR) is 111 cm³/mol. The molecular weight excluding hydrogens is 358 g/mol. The molecule has 0 aliphatic rings. The number of nitrogen functional groups attached to an aromatic ring is 1. The quantitative estimate of drug-likeness (QED) is 0.493. The van der Waals surface area contributed by atoms with Crippen LogP contribution in [0.1, 0.15) is 0 Å². The summed E-state index contributed by atoms with van der Waals surface area (Å²) in [5, 5.41) is 5.64. The molecule has 0 amide bonds. The molecule has 0 spiro atoms. The van der Waals surface area contributed by atoms with Gasteiger partial charge in [0, 0.05) is 40.5 Å². The Labute approximate surface area is 160 Å². The van der Waals surface area contributed by atoms with Gasteiger partial charge >= 0.3 is 0 Å². The molecular formula is C18H27N7OSi. The van der Waals surface area contributed by atoms with Crippen LogP contribution in [0.25, 0.3) is 22.3 Å². The second-order valence-electron chi connectivity index (χ2n) is 7.96. The fourth-order valence-electron chi connectivity index (χ4n) is 2.75. The Morgan fingerprint density at radius 1 is 1.19 bits per heavy atom. The maximum absolute atomic E-state index is 5.90. The van der Waals surface area contributed by atoms with Gasteiger partial charge in [-0.3, -0.25) is 0 Å². The number of ether oxygens (including phenoxy) is 1. The smallest absolute Gasteiger partial charge is 0.166 e. The molecule has 144 valence electrons. The van der Waals surface area contributed by atoms with Gasteiger partial charge in [0.2, 0.25) is 0 Å². The molecule has 0 fully saturated rings. The van der Waals surface area contributed by atoms with Gasteiger partial charge in [0.25, 0.3) is 0 Å². The van der Waals surface area contributed by atoms with E-state index in [1.54, 1.807) is 17.2 Å². The van der Waals surface area contributed by atoms with E-state index >= 15 is 0 Å². The monoisotopic (exact) mass is 385 g/mol. The van der Waals surface area contributed by atoms with E-state index in [0.717, 1.165) is 40.8 Å². The molecule has 0 atom stereocenters. The second kappa shape index (κ2) is 7.61. The van der Waals surface area contributed by atoms with Crippen molar-refractivity contribution in [1.29, 1.82) is 0 Å². The molecule has 3 aromatic heterocycles. The Morgan fingerprint density at radius 2 is 1.96 bits per heavy atom. The highest BCUT2D eigenvalue weighted by atomic mass is 28.3. The van der Waals surface area contributed by atoms with Crippen molar-refractivity contribution in [3.63, 3.8) is 0 Å². The van der Waals surface area contributed by atoms with Gasteiger partial charge in [-0.25, -0.2) is 19.6 Å². The van der Waals surface area contributed by atoms with Gasteiger partial charge in [-0.1, -0.05) is 19.6 Å². The molecule has 0 aromatic carbocycles. The van der Waals surface area contributed by atoms with E-state index < -0.39 is 8.07 Å². The zero-order valence-corrected chi connectivity index (χ0v) is 17.6. The number of aromatic nitrogens is 5. The number of rotatable bonds is 7. The Balaban J connectivity index is 2.01. The number of fused-ring (bicyclic) bond motifs is 1. The molecule has 2 N–H and O–H groups in total. The summed E-state index contributed by atoms with van der Waals surface area (Å²) < 4.78 is 7.69. The van der Waals surface area contributed by atoms with E-state index in [4.69, 9.17) is 15.6 Å². The van der Waals surface area contributed by atoms with Crippen molar-refractivity contribution in [1.82, 2.24) is 24.7 Å². The summed E-state index contributed by atoms with van der Waals surface area (Å²) in [7, 11) is 2.77. The second-order valence-corrected chi connectivity index (χ2v) is 13.6. The van der Waals surface area contributed by atoms with E-state index in [9.17, 15) is 0 Å². The molecule has 0 aliphatic carbocycles. The fraction of sp³-hybridized carbons (Fsp3) is 0.444. The molecule has 3 aromatic rings. The molecule has 0 unspecified atom stereocenters. The van der Waals surface area contributed by atoms with Crippen LogP contribution in [0.3, 0.4) is 0 Å². The highest BCUT2D eigenvalue weighted by Crippen LogP contribution is 2.32. The van der Waals surface area contributed by atoms with E-state index in [1.807, 2.05) is 31.1 Å². The lowest BCUT2D eigenvalue weighted by Crippen LogP contribution is -2.22. The van der Waals surface area contributed by atoms with Gasteiger partial charge < -0.3 is 15.4 Å². The first kappa shape index (κ1) is 19.2. The first-order chi connectivity index (χ1) is 12.8. The molecule has 27 heavy (non-hydrogen) atoms. The van der Waals surface area contributed by atoms with Gasteiger partial charge in [0.15, 0.2) is 5.65 Å². The Bertz CT molecular complexity index is 933. The largest absolute Gasteiger partial charge is 0.384 e. The Kier molecular flexibility index (Phi) is 5.42. The lowest BCUT2D eigenvalue weighted by molar-refractivity contribution is 0.0814. The summed E-state index contributed by atoms with van der Waals surface area (Å²) >= 11 is 0. The minimum Gasteiger partial charge on any atom is -0.384 e. The molecule has 0 aliphatic heterocycles. The fourth-order valence-corrected chi connectivity index (χ4v) is 3.51. The molecule has 3 rings (SSSR count). The molecule has 9 heteroatoms. The maximum atomic E-state index is 5.90. The average molecular weight is 386 g/mol. The SMILES string of the molecule is CN(C)c1ncnc2c1c(-c1ccnc(N)c1)nn2COCC[Si](C)(C)C. The van der Waals surface area contributed by atoms with E-state index in [2.05, 4.69) is 34.6 Å². The van der Waals surface area contributed by atoms with Gasteiger partial charge in [-0.15, -0.1) is 0 Å². The minimum atomic E-state index is -1.13. The van der Waals surface area contributed by atoms with Crippen molar-refractivity contribution in [3.8, 4) is 11.3 Å². The number of anilines is 2. The molecule has 3 heterocycles. The van der Waals surface area contributed by atoms with Gasteiger partial charge in [-0.2, -0.15) is 5.10 Å². The summed E-state index contributed by atoms with van der Waals surface area (Å²) in [6, 6.07) is 4.81. The van der Waals surface area contributed by atoms with Crippen molar-refractivity contribution in [2.24, 2.45) is 0 Å². The Morgan fingerprint density at radius 3 is 2.63 bits per heavy atom. The maximum Gasteiger partial charge on any atom is 0.166 e. The average Bonchev–Trinajstić information content (AvgIpc) is 2.96. The third-order valence-electron chi connectivity index (χ3n) is 4.20. The zero-order valence-electron chi connectivity index (χ0n) is 16.6. The normalized spacial score (nSPS) is 11.9. The van der Waals surface area contributed by atoms with Crippen LogP contribution >= 0.6 is 0 Å². The predicted octanol–water partition coefficient (Wildman–Crippen LogP) is 2.85. The number of nitrogens with two attached hydrogens (primary N) is 1. The van der Waals surface area contributed by atoms with Crippen LogP contribution in [0.4, 0.5) is 11.6 Å². The van der Waals surface area contributed by atoms with Gasteiger partial charge in [-0.05, 0) is 18.2 Å². The lowest BCUT2D eigenvalue weighted by atomic mass is 10.1. The molecule has 0 saturated heterocycles. The number of nitrogens with zero attached hydrogens (tertiary/aromatic N) is 6. The third-order valence-corrected chi connectivity index (χ3v) is 5.90. The van der Waals surface area contributed by atoms with Crippen molar-refractivity contribution in [2.45, 2.75) is 32.4 Å². The van der Waals surface area contributed by atoms with E-state index in [-0.39, 0.29) is 0 Å². The third kappa shape index (κ3) is 4.42. The summed E-state index contributed by atoms with van der Waals surface area (Å²) in [5.74, 6) is 1.25. The molecule has 0 saturated carbocycles. The van der Waals surface area contributed by atoms with Crippen LogP contribution in [0, 0.1) is 0 Å². The summed E-state index contributed by atoms with van der Waals surface area (Å²) in [5.41, 5.74) is 8.27. The topological polar surface area (TPSA) is 95.0 Å². The lowest BCUT2D eigenvalue weighted by Gasteiger charge is -2.15. The van der Waals surface area contributed by atoms with Crippen LogP contribution in [-0.2, 0) is 11.5 Å². The standard InChI is InChI=1S/C18H27N7OSi/c1-24(2)17-15-16(13-6-7-20-14(19)10-13)23-25(18(15)22-11-21-17)12-26-8-9-27(3,4)5/h6-7,10-11H,8-9,12H2,1-5H3,(H2,19,20). The van der Waals surface area contributed by atoms with E-state index in [1.165, 1.54) is 0 Å². The number of pyridine rings is 1. The van der Waals surface area contributed by atoms with Crippen molar-refractivity contribution in [2.75, 3.05) is 31.3 Å². The van der Waals surface area contributed by atoms with Crippen LogP contribution in [0.5, 0.6) is 0 Å². The minimum absolute atomic E-state index is 0.353. The summed E-state index contributed by atoms with van der Waals surface area (Å²) in [4.78, 5) is 14.9. The zero-order chi connectivity index (χ0) is 19.6. The molecule has 0 bridgehead atoms. The van der Waals surface area contributed by atoms with Crippen molar-refractivity contribution in [3.05, 3.63) is 24.7 Å². The summed E-state index contributed by atoms with van der Waals surface area (Å²) in [6.45, 7) is 8.08. The van der Waals surface area contributed by atoms with Crippen molar-refractivity contribution >= 4 is 30.7 Å². The van der Waals surface area contributed by atoms with Crippen LogP contribution in [-0.4, -0.2) is 53.5 Å². The van der Waals surface area contributed by atoms with Gasteiger partial charge in [0.05, 0.1) is 5.39 Å². The first-order valence-electron chi connectivity index (χ1n) is 8.95.